The molecule has 0 spiro atoms. The zero-order chi connectivity index (χ0) is 54.1. The molecular formula is C62H101O11P. The van der Waals surface area contributed by atoms with E-state index >= 15 is 0 Å². The number of phosphoric acid groups is 1. The summed E-state index contributed by atoms with van der Waals surface area (Å²) in [5.41, 5.74) is 0. The molecule has 0 aromatic heterocycles. The molecule has 0 saturated heterocycles. The maximum atomic E-state index is 12.9. The molecule has 12 heteroatoms. The third kappa shape index (κ3) is 52.7. The number of phosphoric ester groups is 1. The van der Waals surface area contributed by atoms with E-state index in [9.17, 15) is 28.9 Å². The van der Waals surface area contributed by atoms with E-state index in [1.807, 2.05) is 0 Å². The number of esters is 3. The number of hydrogen-bond donors (Lipinski definition) is 2. The summed E-state index contributed by atoms with van der Waals surface area (Å²) in [7, 11) is -4.78. The lowest BCUT2D eigenvalue weighted by Gasteiger charge is -2.21. The number of allylic oxidation sites excluding steroid dienone is 20. The molecule has 420 valence electrons. The van der Waals surface area contributed by atoms with Gasteiger partial charge in [-0.3, -0.25) is 23.4 Å². The van der Waals surface area contributed by atoms with Gasteiger partial charge in [0.2, 0.25) is 0 Å². The average molecular weight is 1050 g/mol. The minimum absolute atomic E-state index is 0.116. The third-order valence-corrected chi connectivity index (χ3v) is 12.3. The van der Waals surface area contributed by atoms with Gasteiger partial charge in [-0.25, -0.2) is 4.57 Å². The van der Waals surface area contributed by atoms with Gasteiger partial charge in [0.05, 0.1) is 19.8 Å². The highest BCUT2D eigenvalue weighted by atomic mass is 31.2. The summed E-state index contributed by atoms with van der Waals surface area (Å²) in [5, 5.41) is 9.80. The van der Waals surface area contributed by atoms with Crippen LogP contribution in [0.15, 0.2) is 122 Å². The van der Waals surface area contributed by atoms with Crippen LogP contribution in [0, 0.1) is 0 Å². The average Bonchev–Trinajstić information content (AvgIpc) is 3.39. The van der Waals surface area contributed by atoms with E-state index in [0.29, 0.717) is 19.3 Å². The molecule has 0 radical (unpaired) electrons. The van der Waals surface area contributed by atoms with E-state index in [1.54, 1.807) is 0 Å². The summed E-state index contributed by atoms with van der Waals surface area (Å²) in [4.78, 5) is 48.5. The van der Waals surface area contributed by atoms with Crippen LogP contribution >= 0.6 is 7.82 Å². The molecule has 2 N–H and O–H groups in total. The van der Waals surface area contributed by atoms with E-state index in [0.717, 1.165) is 128 Å². The van der Waals surface area contributed by atoms with Crippen molar-refractivity contribution < 1.29 is 52.2 Å². The van der Waals surface area contributed by atoms with Crippen molar-refractivity contribution in [2.24, 2.45) is 0 Å². The molecule has 3 unspecified atom stereocenters. The molecule has 3 atom stereocenters. The first-order chi connectivity index (χ1) is 36.2. The summed E-state index contributed by atoms with van der Waals surface area (Å²) in [5.74, 6) is -1.57. The van der Waals surface area contributed by atoms with Crippen molar-refractivity contribution in [1.82, 2.24) is 0 Å². The minimum atomic E-state index is -4.78. The molecule has 0 aromatic carbocycles. The number of hydrogen-bond acceptors (Lipinski definition) is 10. The highest BCUT2D eigenvalue weighted by Crippen LogP contribution is 2.43. The summed E-state index contributed by atoms with van der Waals surface area (Å²) in [6.07, 6.45) is 67.3. The smallest absolute Gasteiger partial charge is 0.462 e. The van der Waals surface area contributed by atoms with Crippen LogP contribution in [0.5, 0.6) is 0 Å². The van der Waals surface area contributed by atoms with Crippen molar-refractivity contribution in [2.45, 2.75) is 226 Å². The Morgan fingerprint density at radius 2 is 0.703 bits per heavy atom. The van der Waals surface area contributed by atoms with E-state index in [-0.39, 0.29) is 25.9 Å². The standard InChI is InChI=1S/C62H101O11P/c1-4-7-10-13-16-19-22-25-27-28-29-30-32-35-38-41-44-47-50-53-62(66)73-59(55-69-60(64)51-48-45-42-39-36-33-24-21-18-15-12-9-6-3)57-71-74(67,68)70-56-58(54-63)72-61(65)52-49-46-43-40-37-34-31-26-23-20-17-14-11-8-5-2/h8-9,11-12,16-21,25-27,29-31,33,36-37,40,58-59,63H,4-7,10,13-15,22-24,28,32,34-35,38-39,41-57H2,1-3H3,(H,67,68)/b11-8-,12-9-,19-16-,20-17-,21-18-,27-25-,30-29-,31-26-,36-33-,40-37-. The topological polar surface area (TPSA) is 155 Å². The fourth-order valence-electron chi connectivity index (χ4n) is 7.07. The summed E-state index contributed by atoms with van der Waals surface area (Å²) < 4.78 is 39.4. The number of rotatable bonds is 51. The Morgan fingerprint density at radius 1 is 0.392 bits per heavy atom. The van der Waals surface area contributed by atoms with Gasteiger partial charge in [0.1, 0.15) is 12.7 Å². The molecule has 0 amide bonds. The lowest BCUT2D eigenvalue weighted by atomic mass is 10.1. The van der Waals surface area contributed by atoms with E-state index in [2.05, 4.69) is 142 Å². The second-order valence-electron chi connectivity index (χ2n) is 18.3. The Bertz CT molecular complexity index is 1700. The van der Waals surface area contributed by atoms with Gasteiger partial charge in [-0.2, -0.15) is 0 Å². The van der Waals surface area contributed by atoms with E-state index in [1.165, 1.54) is 25.7 Å². The largest absolute Gasteiger partial charge is 0.472 e. The van der Waals surface area contributed by atoms with Crippen molar-refractivity contribution in [3.63, 3.8) is 0 Å². The monoisotopic (exact) mass is 1050 g/mol. The number of carbonyl (C=O) groups excluding carboxylic acids is 3. The van der Waals surface area contributed by atoms with Gasteiger partial charge >= 0.3 is 25.7 Å². The SMILES string of the molecule is CC/C=C\C/C=C\C/C=C\C/C=C\CCCCC(=O)OC(CO)COP(=O)(O)OCC(COC(=O)CCCCC/C=C\C/C=C\C/C=C\CC)OC(=O)CCCCCCCC/C=C\C/C=C\C/C=C\CCCCC. The first-order valence-electron chi connectivity index (χ1n) is 28.4. The number of ether oxygens (including phenoxy) is 3. The molecule has 0 aliphatic rings. The quantitative estimate of drug-likeness (QED) is 0.0197. The molecule has 0 heterocycles. The van der Waals surface area contributed by atoms with Gasteiger partial charge in [0.25, 0.3) is 0 Å². The molecule has 0 aromatic rings. The van der Waals surface area contributed by atoms with Crippen molar-refractivity contribution in [3.8, 4) is 0 Å². The Hall–Kier alpha value is -4.12. The van der Waals surface area contributed by atoms with E-state index < -0.39 is 57.8 Å². The lowest BCUT2D eigenvalue weighted by molar-refractivity contribution is -0.161. The lowest BCUT2D eigenvalue weighted by Crippen LogP contribution is -2.30. The molecule has 0 saturated carbocycles. The molecule has 0 aliphatic carbocycles. The van der Waals surface area contributed by atoms with Crippen LogP contribution < -0.4 is 0 Å². The minimum Gasteiger partial charge on any atom is -0.462 e. The second-order valence-corrected chi connectivity index (χ2v) is 19.8. The summed E-state index contributed by atoms with van der Waals surface area (Å²) >= 11 is 0. The second kappa shape index (κ2) is 55.1. The number of aliphatic hydroxyl groups excluding tert-OH is 1. The first-order valence-corrected chi connectivity index (χ1v) is 29.9. The highest BCUT2D eigenvalue weighted by Gasteiger charge is 2.28. The number of unbranched alkanes of at least 4 members (excludes halogenated alkanes) is 14. The van der Waals surface area contributed by atoms with Crippen LogP contribution in [-0.2, 0) is 42.2 Å². The van der Waals surface area contributed by atoms with Gasteiger partial charge in [-0.05, 0) is 128 Å². The zero-order valence-corrected chi connectivity index (χ0v) is 47.2. The van der Waals surface area contributed by atoms with Crippen molar-refractivity contribution in [3.05, 3.63) is 122 Å². The molecular weight excluding hydrogens is 952 g/mol. The molecule has 74 heavy (non-hydrogen) atoms. The number of carbonyl (C=O) groups is 3. The molecule has 11 nitrogen and oxygen atoms in total. The number of aliphatic hydroxyl groups is 1. The van der Waals surface area contributed by atoms with Crippen LogP contribution in [0.4, 0.5) is 0 Å². The Balaban J connectivity index is 4.83. The summed E-state index contributed by atoms with van der Waals surface area (Å²) in [6, 6.07) is 0. The van der Waals surface area contributed by atoms with Gasteiger partial charge in [0, 0.05) is 19.3 Å². The van der Waals surface area contributed by atoms with Gasteiger partial charge < -0.3 is 24.2 Å². The predicted octanol–water partition coefficient (Wildman–Crippen LogP) is 16.8. The van der Waals surface area contributed by atoms with Crippen LogP contribution in [0.2, 0.25) is 0 Å². The normalized spacial score (nSPS) is 14.3. The molecule has 0 aliphatic heterocycles. The highest BCUT2D eigenvalue weighted by molar-refractivity contribution is 7.47. The maximum absolute atomic E-state index is 12.9. The fourth-order valence-corrected chi connectivity index (χ4v) is 7.86. The Kier molecular flexibility index (Phi) is 52.1. The van der Waals surface area contributed by atoms with Crippen LogP contribution in [-0.4, -0.2) is 66.5 Å². The van der Waals surface area contributed by atoms with Gasteiger partial charge in [-0.1, -0.05) is 187 Å². The summed E-state index contributed by atoms with van der Waals surface area (Å²) in [6.45, 7) is 4.27. The van der Waals surface area contributed by atoms with Crippen LogP contribution in [0.3, 0.4) is 0 Å². The first kappa shape index (κ1) is 69.9. The third-order valence-electron chi connectivity index (χ3n) is 11.3. The zero-order valence-electron chi connectivity index (χ0n) is 46.3. The molecule has 0 fully saturated rings. The van der Waals surface area contributed by atoms with Crippen molar-refractivity contribution >= 4 is 25.7 Å². The van der Waals surface area contributed by atoms with Crippen LogP contribution in [0.25, 0.3) is 0 Å². The van der Waals surface area contributed by atoms with Crippen molar-refractivity contribution in [2.75, 3.05) is 26.4 Å². The van der Waals surface area contributed by atoms with Crippen LogP contribution in [0.1, 0.15) is 213 Å². The fraction of sp³-hybridized carbons (Fsp3) is 0.629. The Morgan fingerprint density at radius 3 is 1.12 bits per heavy atom. The van der Waals surface area contributed by atoms with Crippen molar-refractivity contribution in [1.29, 1.82) is 0 Å². The maximum Gasteiger partial charge on any atom is 0.472 e. The molecule has 0 rings (SSSR count). The van der Waals surface area contributed by atoms with E-state index in [4.69, 9.17) is 23.3 Å². The van der Waals surface area contributed by atoms with Gasteiger partial charge in [-0.15, -0.1) is 0 Å². The predicted molar refractivity (Wildman–Crippen MR) is 306 cm³/mol. The van der Waals surface area contributed by atoms with Gasteiger partial charge in [0.15, 0.2) is 6.10 Å². The molecule has 0 bridgehead atoms. The Labute approximate surface area is 449 Å².